The standard InChI is InChI=1S/C19H15N5O2/c1-26-16-9-5-4-8-15(16)21-18(25)11-10-17-22-23-19-14-7-3-2-6-13(14)12-20-24(17)19/h2-12H,1H3,(H,21,25)/b11-10+. The highest BCUT2D eigenvalue weighted by molar-refractivity contribution is 6.02. The maximum atomic E-state index is 12.2. The molecule has 2 aromatic carbocycles. The van der Waals surface area contributed by atoms with Crippen LogP contribution in [0.2, 0.25) is 0 Å². The minimum atomic E-state index is -0.299. The number of nitrogens with zero attached hydrogens (tertiary/aromatic N) is 4. The number of amides is 1. The van der Waals surface area contributed by atoms with Crippen LogP contribution in [0.3, 0.4) is 0 Å². The largest absolute Gasteiger partial charge is 0.495 e. The van der Waals surface area contributed by atoms with E-state index in [1.54, 1.807) is 36.0 Å². The Kier molecular flexibility index (Phi) is 4.03. The van der Waals surface area contributed by atoms with Crippen molar-refractivity contribution in [1.29, 1.82) is 0 Å². The van der Waals surface area contributed by atoms with E-state index in [9.17, 15) is 4.79 Å². The molecule has 0 radical (unpaired) electrons. The van der Waals surface area contributed by atoms with Gasteiger partial charge in [-0.25, -0.2) is 0 Å². The molecule has 26 heavy (non-hydrogen) atoms. The zero-order valence-corrected chi connectivity index (χ0v) is 14.0. The van der Waals surface area contributed by atoms with Gasteiger partial charge in [0.15, 0.2) is 11.5 Å². The number of aromatic nitrogens is 4. The number of carbonyl (C=O) groups is 1. The molecule has 0 unspecified atom stereocenters. The molecule has 2 heterocycles. The van der Waals surface area contributed by atoms with E-state index in [2.05, 4.69) is 20.6 Å². The second kappa shape index (κ2) is 6.64. The van der Waals surface area contributed by atoms with Crippen molar-refractivity contribution in [3.8, 4) is 5.75 Å². The number of para-hydroxylation sites is 2. The Hall–Kier alpha value is -3.74. The Balaban J connectivity index is 1.60. The number of methoxy groups -OCH3 is 1. The van der Waals surface area contributed by atoms with Crippen molar-refractivity contribution < 1.29 is 9.53 Å². The van der Waals surface area contributed by atoms with Gasteiger partial charge < -0.3 is 10.1 Å². The summed E-state index contributed by atoms with van der Waals surface area (Å²) < 4.78 is 6.83. The molecule has 0 atom stereocenters. The first-order valence-electron chi connectivity index (χ1n) is 7.97. The Morgan fingerprint density at radius 2 is 1.92 bits per heavy atom. The van der Waals surface area contributed by atoms with E-state index in [4.69, 9.17) is 4.74 Å². The molecule has 0 saturated carbocycles. The lowest BCUT2D eigenvalue weighted by atomic mass is 10.2. The first-order valence-corrected chi connectivity index (χ1v) is 7.97. The van der Waals surface area contributed by atoms with Crippen molar-refractivity contribution in [3.63, 3.8) is 0 Å². The summed E-state index contributed by atoms with van der Waals surface area (Å²) in [7, 11) is 1.55. The van der Waals surface area contributed by atoms with Crippen molar-refractivity contribution in [2.24, 2.45) is 0 Å². The normalized spacial score (nSPS) is 11.3. The molecular weight excluding hydrogens is 330 g/mol. The zero-order valence-electron chi connectivity index (χ0n) is 14.0. The topological polar surface area (TPSA) is 81.4 Å². The van der Waals surface area contributed by atoms with Crippen LogP contribution in [-0.4, -0.2) is 32.8 Å². The Labute approximate surface area is 148 Å². The quantitative estimate of drug-likeness (QED) is 0.575. The van der Waals surface area contributed by atoms with Crippen molar-refractivity contribution in [2.45, 2.75) is 0 Å². The van der Waals surface area contributed by atoms with E-state index in [-0.39, 0.29) is 5.91 Å². The zero-order chi connectivity index (χ0) is 17.9. The summed E-state index contributed by atoms with van der Waals surface area (Å²) in [6.45, 7) is 0. The van der Waals surface area contributed by atoms with E-state index >= 15 is 0 Å². The smallest absolute Gasteiger partial charge is 0.248 e. The van der Waals surface area contributed by atoms with Crippen LogP contribution >= 0.6 is 0 Å². The van der Waals surface area contributed by atoms with E-state index < -0.39 is 0 Å². The molecule has 1 amide bonds. The highest BCUT2D eigenvalue weighted by Gasteiger charge is 2.09. The lowest BCUT2D eigenvalue weighted by Gasteiger charge is -2.07. The number of nitrogens with one attached hydrogen (secondary N) is 1. The molecule has 0 saturated heterocycles. The lowest BCUT2D eigenvalue weighted by Crippen LogP contribution is -2.09. The monoisotopic (exact) mass is 345 g/mol. The van der Waals surface area contributed by atoms with Gasteiger partial charge in [-0.15, -0.1) is 10.2 Å². The Bertz CT molecular complexity index is 1130. The summed E-state index contributed by atoms with van der Waals surface area (Å²) >= 11 is 0. The molecule has 0 bridgehead atoms. The van der Waals surface area contributed by atoms with Crippen molar-refractivity contribution >= 4 is 34.1 Å². The van der Waals surface area contributed by atoms with Crippen molar-refractivity contribution in [3.05, 3.63) is 66.6 Å². The second-order valence-electron chi connectivity index (χ2n) is 5.55. The van der Waals surface area contributed by atoms with Gasteiger partial charge in [-0.2, -0.15) is 9.61 Å². The highest BCUT2D eigenvalue weighted by Crippen LogP contribution is 2.23. The average molecular weight is 345 g/mol. The van der Waals surface area contributed by atoms with Crippen LogP contribution in [0.4, 0.5) is 5.69 Å². The lowest BCUT2D eigenvalue weighted by molar-refractivity contribution is -0.111. The summed E-state index contributed by atoms with van der Waals surface area (Å²) in [5.74, 6) is 0.767. The molecule has 1 N–H and O–H groups in total. The predicted molar refractivity (Wildman–Crippen MR) is 98.9 cm³/mol. The molecular formula is C19H15N5O2. The van der Waals surface area contributed by atoms with Gasteiger partial charge in [0.25, 0.3) is 0 Å². The van der Waals surface area contributed by atoms with Crippen LogP contribution in [0.5, 0.6) is 5.75 Å². The van der Waals surface area contributed by atoms with Crippen LogP contribution in [0, 0.1) is 0 Å². The SMILES string of the molecule is COc1ccccc1NC(=O)/C=C/c1nnc2c3ccccc3cnn12. The third kappa shape index (κ3) is 2.86. The molecule has 0 fully saturated rings. The van der Waals surface area contributed by atoms with Crippen LogP contribution in [0.1, 0.15) is 5.82 Å². The summed E-state index contributed by atoms with van der Waals surface area (Å²) in [6, 6.07) is 15.0. The van der Waals surface area contributed by atoms with E-state index in [1.165, 1.54) is 6.08 Å². The number of carbonyl (C=O) groups excluding carboxylic acids is 1. The Morgan fingerprint density at radius 3 is 2.81 bits per heavy atom. The molecule has 0 aliphatic heterocycles. The first-order chi connectivity index (χ1) is 12.8. The van der Waals surface area contributed by atoms with Crippen LogP contribution in [-0.2, 0) is 4.79 Å². The number of benzene rings is 2. The number of fused-ring (bicyclic) bond motifs is 3. The number of hydrogen-bond donors (Lipinski definition) is 1. The molecule has 4 aromatic rings. The van der Waals surface area contributed by atoms with E-state index in [0.29, 0.717) is 22.9 Å². The van der Waals surface area contributed by atoms with E-state index in [1.807, 2.05) is 36.4 Å². The minimum Gasteiger partial charge on any atom is -0.495 e. The fourth-order valence-electron chi connectivity index (χ4n) is 2.68. The van der Waals surface area contributed by atoms with Gasteiger partial charge in [-0.3, -0.25) is 4.79 Å². The summed E-state index contributed by atoms with van der Waals surface area (Å²) in [6.07, 6.45) is 4.71. The predicted octanol–water partition coefficient (Wildman–Crippen LogP) is 2.94. The third-order valence-electron chi connectivity index (χ3n) is 3.93. The van der Waals surface area contributed by atoms with Gasteiger partial charge in [0.1, 0.15) is 5.75 Å². The summed E-state index contributed by atoms with van der Waals surface area (Å²) in [4.78, 5) is 12.2. The fourth-order valence-corrected chi connectivity index (χ4v) is 2.68. The van der Waals surface area contributed by atoms with Crippen molar-refractivity contribution in [1.82, 2.24) is 19.8 Å². The fraction of sp³-hybridized carbons (Fsp3) is 0.0526. The Morgan fingerprint density at radius 1 is 1.12 bits per heavy atom. The van der Waals surface area contributed by atoms with Gasteiger partial charge in [-0.05, 0) is 18.2 Å². The van der Waals surface area contributed by atoms with Crippen LogP contribution in [0.15, 0.2) is 60.8 Å². The molecule has 7 nitrogen and oxygen atoms in total. The summed E-state index contributed by atoms with van der Waals surface area (Å²) in [5.41, 5.74) is 1.24. The van der Waals surface area contributed by atoms with E-state index in [0.717, 1.165) is 10.8 Å². The van der Waals surface area contributed by atoms with Gasteiger partial charge in [-0.1, -0.05) is 36.4 Å². The van der Waals surface area contributed by atoms with Crippen molar-refractivity contribution in [2.75, 3.05) is 12.4 Å². The molecule has 0 aliphatic rings. The third-order valence-corrected chi connectivity index (χ3v) is 3.93. The highest BCUT2D eigenvalue weighted by atomic mass is 16.5. The number of hydrogen-bond acceptors (Lipinski definition) is 5. The molecule has 4 rings (SSSR count). The molecule has 2 aromatic heterocycles. The second-order valence-corrected chi connectivity index (χ2v) is 5.55. The molecule has 7 heteroatoms. The van der Waals surface area contributed by atoms with Gasteiger partial charge in [0.2, 0.25) is 5.91 Å². The minimum absolute atomic E-state index is 0.299. The average Bonchev–Trinajstić information content (AvgIpc) is 3.10. The molecule has 128 valence electrons. The number of ether oxygens (including phenoxy) is 1. The van der Waals surface area contributed by atoms with Gasteiger partial charge in [0.05, 0.1) is 19.0 Å². The first kappa shape index (κ1) is 15.8. The van der Waals surface area contributed by atoms with Gasteiger partial charge >= 0.3 is 0 Å². The van der Waals surface area contributed by atoms with Crippen LogP contribution < -0.4 is 10.1 Å². The van der Waals surface area contributed by atoms with Crippen LogP contribution in [0.25, 0.3) is 22.5 Å². The molecule has 0 spiro atoms. The maximum Gasteiger partial charge on any atom is 0.248 e. The van der Waals surface area contributed by atoms with Gasteiger partial charge in [0, 0.05) is 16.8 Å². The number of anilines is 1. The summed E-state index contributed by atoms with van der Waals surface area (Å²) in [5, 5.41) is 17.4. The maximum absolute atomic E-state index is 12.2. The molecule has 0 aliphatic carbocycles. The number of rotatable bonds is 4.